The van der Waals surface area contributed by atoms with Crippen LogP contribution < -0.4 is 10.2 Å². The zero-order valence-electron chi connectivity index (χ0n) is 12.0. The van der Waals surface area contributed by atoms with Crippen LogP contribution in [0.25, 0.3) is 0 Å². The van der Waals surface area contributed by atoms with Gasteiger partial charge in [-0.25, -0.2) is 0 Å². The highest BCUT2D eigenvalue weighted by Gasteiger charge is 2.18. The highest BCUT2D eigenvalue weighted by molar-refractivity contribution is 9.10. The van der Waals surface area contributed by atoms with Crippen LogP contribution in [0.4, 0.5) is 5.69 Å². The van der Waals surface area contributed by atoms with Gasteiger partial charge in [0, 0.05) is 23.6 Å². The van der Waals surface area contributed by atoms with Gasteiger partial charge < -0.3 is 10.2 Å². The molecule has 4 heteroatoms. The fourth-order valence-corrected chi connectivity index (χ4v) is 3.14. The molecule has 0 spiro atoms. The van der Waals surface area contributed by atoms with Crippen molar-refractivity contribution in [3.63, 3.8) is 0 Å². The van der Waals surface area contributed by atoms with Gasteiger partial charge >= 0.3 is 0 Å². The standard InChI is InChI=1S/C16H22BrN3/c1-2-9-20(12-15-5-3-4-8-19-15)16-10-14(17)7-6-13(16)11-18/h6-7,10,15,19H,2-5,8-9,12H2,1H3. The Balaban J connectivity index is 2.18. The summed E-state index contributed by atoms with van der Waals surface area (Å²) < 4.78 is 1.03. The molecular weight excluding hydrogens is 314 g/mol. The number of hydrogen-bond acceptors (Lipinski definition) is 3. The quantitative estimate of drug-likeness (QED) is 0.892. The summed E-state index contributed by atoms with van der Waals surface area (Å²) in [4.78, 5) is 2.35. The lowest BCUT2D eigenvalue weighted by Crippen LogP contribution is -2.44. The number of hydrogen-bond donors (Lipinski definition) is 1. The zero-order valence-corrected chi connectivity index (χ0v) is 13.6. The summed E-state index contributed by atoms with van der Waals surface area (Å²) in [5.41, 5.74) is 1.81. The smallest absolute Gasteiger partial charge is 0.101 e. The average molecular weight is 336 g/mol. The van der Waals surface area contributed by atoms with Crippen LogP contribution >= 0.6 is 15.9 Å². The summed E-state index contributed by atoms with van der Waals surface area (Å²) in [5.74, 6) is 0. The van der Waals surface area contributed by atoms with E-state index in [1.165, 1.54) is 19.3 Å². The van der Waals surface area contributed by atoms with E-state index in [0.29, 0.717) is 6.04 Å². The van der Waals surface area contributed by atoms with Crippen LogP contribution in [0.1, 0.15) is 38.2 Å². The van der Waals surface area contributed by atoms with Crippen LogP contribution in [-0.2, 0) is 0 Å². The van der Waals surface area contributed by atoms with E-state index in [1.54, 1.807) is 0 Å². The first-order valence-electron chi connectivity index (χ1n) is 7.42. The normalized spacial score (nSPS) is 18.6. The SMILES string of the molecule is CCCN(CC1CCCCN1)c1cc(Br)ccc1C#N. The number of nitrogens with zero attached hydrogens (tertiary/aromatic N) is 2. The monoisotopic (exact) mass is 335 g/mol. The summed E-state index contributed by atoms with van der Waals surface area (Å²) in [6.45, 7) is 5.28. The van der Waals surface area contributed by atoms with Crippen LogP contribution in [0.5, 0.6) is 0 Å². The highest BCUT2D eigenvalue weighted by Crippen LogP contribution is 2.26. The summed E-state index contributed by atoms with van der Waals surface area (Å²) >= 11 is 3.52. The molecule has 1 aromatic rings. The number of rotatable bonds is 5. The number of benzene rings is 1. The molecule has 1 N–H and O–H groups in total. The van der Waals surface area contributed by atoms with Crippen molar-refractivity contribution in [2.24, 2.45) is 0 Å². The van der Waals surface area contributed by atoms with Crippen LogP contribution in [0.15, 0.2) is 22.7 Å². The Kier molecular flexibility index (Phi) is 5.87. The summed E-state index contributed by atoms with van der Waals surface area (Å²) in [5, 5.41) is 12.9. The summed E-state index contributed by atoms with van der Waals surface area (Å²) in [7, 11) is 0. The van der Waals surface area contributed by atoms with E-state index in [1.807, 2.05) is 12.1 Å². The van der Waals surface area contributed by atoms with Crippen molar-refractivity contribution in [1.29, 1.82) is 5.26 Å². The molecule has 1 aromatic carbocycles. The molecule has 0 bridgehead atoms. The van der Waals surface area contributed by atoms with E-state index < -0.39 is 0 Å². The molecule has 1 saturated heterocycles. The Morgan fingerprint density at radius 3 is 2.95 bits per heavy atom. The van der Waals surface area contributed by atoms with Crippen molar-refractivity contribution >= 4 is 21.6 Å². The van der Waals surface area contributed by atoms with E-state index >= 15 is 0 Å². The van der Waals surface area contributed by atoms with Gasteiger partial charge in [-0.05, 0) is 44.0 Å². The molecule has 1 heterocycles. The van der Waals surface area contributed by atoms with Gasteiger partial charge in [-0.3, -0.25) is 0 Å². The number of nitrogens with one attached hydrogen (secondary N) is 1. The van der Waals surface area contributed by atoms with E-state index in [-0.39, 0.29) is 0 Å². The third kappa shape index (κ3) is 3.97. The average Bonchev–Trinajstić information content (AvgIpc) is 2.48. The second-order valence-electron chi connectivity index (χ2n) is 5.37. The molecule has 0 radical (unpaired) electrons. The predicted molar refractivity (Wildman–Crippen MR) is 87.0 cm³/mol. The lowest BCUT2D eigenvalue weighted by molar-refractivity contribution is 0.399. The number of nitriles is 1. The van der Waals surface area contributed by atoms with Gasteiger partial charge in [-0.2, -0.15) is 5.26 Å². The molecule has 0 saturated carbocycles. The lowest BCUT2D eigenvalue weighted by atomic mass is 10.0. The molecule has 1 atom stereocenters. The largest absolute Gasteiger partial charge is 0.369 e. The Labute approximate surface area is 130 Å². The minimum absolute atomic E-state index is 0.542. The van der Waals surface area contributed by atoms with Gasteiger partial charge in [0.1, 0.15) is 6.07 Å². The Morgan fingerprint density at radius 1 is 1.45 bits per heavy atom. The van der Waals surface area contributed by atoms with Crippen molar-refractivity contribution < 1.29 is 0 Å². The van der Waals surface area contributed by atoms with Gasteiger partial charge in [0.15, 0.2) is 0 Å². The third-order valence-electron chi connectivity index (χ3n) is 3.77. The van der Waals surface area contributed by atoms with Crippen molar-refractivity contribution in [3.8, 4) is 6.07 Å². The molecular formula is C16H22BrN3. The molecule has 1 aliphatic heterocycles. The summed E-state index contributed by atoms with van der Waals surface area (Å²) in [6, 6.07) is 8.76. The molecule has 1 aliphatic rings. The molecule has 1 fully saturated rings. The first-order valence-corrected chi connectivity index (χ1v) is 8.22. The van der Waals surface area contributed by atoms with Gasteiger partial charge in [-0.15, -0.1) is 0 Å². The third-order valence-corrected chi connectivity index (χ3v) is 4.26. The van der Waals surface area contributed by atoms with Crippen molar-refractivity contribution in [2.75, 3.05) is 24.5 Å². The molecule has 0 amide bonds. The number of anilines is 1. The first kappa shape index (κ1) is 15.3. The van der Waals surface area contributed by atoms with Gasteiger partial charge in [0.25, 0.3) is 0 Å². The van der Waals surface area contributed by atoms with Crippen molar-refractivity contribution in [2.45, 2.75) is 38.6 Å². The first-order chi connectivity index (χ1) is 9.74. The van der Waals surface area contributed by atoms with Crippen LogP contribution in [0.2, 0.25) is 0 Å². The maximum Gasteiger partial charge on any atom is 0.101 e. The van der Waals surface area contributed by atoms with E-state index in [9.17, 15) is 5.26 Å². The minimum atomic E-state index is 0.542. The van der Waals surface area contributed by atoms with Gasteiger partial charge in [0.05, 0.1) is 11.3 Å². The van der Waals surface area contributed by atoms with Crippen LogP contribution in [-0.4, -0.2) is 25.7 Å². The van der Waals surface area contributed by atoms with Crippen molar-refractivity contribution in [1.82, 2.24) is 5.32 Å². The van der Waals surface area contributed by atoms with Crippen LogP contribution in [0.3, 0.4) is 0 Å². The molecule has 3 nitrogen and oxygen atoms in total. The summed E-state index contributed by atoms with van der Waals surface area (Å²) in [6.07, 6.45) is 4.91. The Morgan fingerprint density at radius 2 is 2.30 bits per heavy atom. The van der Waals surface area contributed by atoms with Crippen LogP contribution in [0, 0.1) is 11.3 Å². The highest BCUT2D eigenvalue weighted by atomic mass is 79.9. The van der Waals surface area contributed by atoms with E-state index in [4.69, 9.17) is 0 Å². The molecule has 20 heavy (non-hydrogen) atoms. The van der Waals surface area contributed by atoms with E-state index in [0.717, 1.165) is 41.8 Å². The second kappa shape index (κ2) is 7.66. The molecule has 0 aromatic heterocycles. The Bertz CT molecular complexity index is 475. The Hall–Kier alpha value is -1.05. The van der Waals surface area contributed by atoms with E-state index in [2.05, 4.69) is 45.2 Å². The predicted octanol–water partition coefficient (Wildman–Crippen LogP) is 3.68. The number of piperidine rings is 1. The fraction of sp³-hybridized carbons (Fsp3) is 0.562. The van der Waals surface area contributed by atoms with Gasteiger partial charge in [-0.1, -0.05) is 29.3 Å². The molecule has 0 aliphatic carbocycles. The molecule has 108 valence electrons. The lowest BCUT2D eigenvalue weighted by Gasteiger charge is -2.32. The maximum absolute atomic E-state index is 9.32. The zero-order chi connectivity index (χ0) is 14.4. The van der Waals surface area contributed by atoms with Gasteiger partial charge in [0.2, 0.25) is 0 Å². The fourth-order valence-electron chi connectivity index (χ4n) is 2.79. The molecule has 2 rings (SSSR count). The topological polar surface area (TPSA) is 39.1 Å². The molecule has 1 unspecified atom stereocenters. The number of halogens is 1. The minimum Gasteiger partial charge on any atom is -0.369 e. The second-order valence-corrected chi connectivity index (χ2v) is 6.28. The van der Waals surface area contributed by atoms with Crippen molar-refractivity contribution in [3.05, 3.63) is 28.2 Å². The maximum atomic E-state index is 9.32.